The third kappa shape index (κ3) is 6.52. The molecule has 4 rings (SSSR count). The number of hydrogen-bond donors (Lipinski definition) is 0. The summed E-state index contributed by atoms with van der Waals surface area (Å²) in [5.74, 6) is 1.13. The van der Waals surface area contributed by atoms with Crippen molar-refractivity contribution in [2.45, 2.75) is 30.9 Å². The fourth-order valence-corrected chi connectivity index (χ4v) is 5.22. The largest absolute Gasteiger partial charge is 0.489 e. The van der Waals surface area contributed by atoms with Crippen molar-refractivity contribution in [3.8, 4) is 11.4 Å². The van der Waals surface area contributed by atoms with Gasteiger partial charge in [0.1, 0.15) is 23.4 Å². The molecule has 1 heterocycles. The Morgan fingerprint density at radius 1 is 1.00 bits per heavy atom. The van der Waals surface area contributed by atoms with Crippen LogP contribution in [0, 0.1) is 34.1 Å². The number of non-ortho nitro benzene ring substituents is 1. The average molecular weight is 584 g/mol. The average Bonchev–Trinajstić information content (AvgIpc) is 3.23. The minimum Gasteiger partial charge on any atom is -0.489 e. The van der Waals surface area contributed by atoms with Gasteiger partial charge < -0.3 is 4.74 Å². The zero-order valence-corrected chi connectivity index (χ0v) is 22.3. The van der Waals surface area contributed by atoms with Gasteiger partial charge >= 0.3 is 0 Å². The molecule has 37 heavy (non-hydrogen) atoms. The second-order valence-electron chi connectivity index (χ2n) is 8.22. The molecule has 0 saturated carbocycles. The van der Waals surface area contributed by atoms with Gasteiger partial charge in [0.2, 0.25) is 6.54 Å². The molecule has 0 radical (unpaired) electrons. The third-order valence-electron chi connectivity index (χ3n) is 5.51. The van der Waals surface area contributed by atoms with Crippen LogP contribution in [0.25, 0.3) is 5.69 Å². The first-order chi connectivity index (χ1) is 17.7. The molecule has 0 aliphatic heterocycles. The molecule has 1 atom stereocenters. The van der Waals surface area contributed by atoms with E-state index in [0.29, 0.717) is 22.3 Å². The molecule has 0 bridgehead atoms. The normalized spacial score (nSPS) is 11.8. The summed E-state index contributed by atoms with van der Waals surface area (Å²) in [4.78, 5) is 21.8. The molecule has 0 amide bonds. The first kappa shape index (κ1) is 26.3. The predicted octanol–water partition coefficient (Wildman–Crippen LogP) is 6.24. The Bertz CT molecular complexity index is 1430. The lowest BCUT2D eigenvalue weighted by Gasteiger charge is -2.18. The highest BCUT2D eigenvalue weighted by Crippen LogP contribution is 2.41. The summed E-state index contributed by atoms with van der Waals surface area (Å²) in [5.41, 5.74) is 3.31. The molecular weight excluding hydrogens is 562 g/mol. The van der Waals surface area contributed by atoms with Crippen molar-refractivity contribution in [2.24, 2.45) is 0 Å². The molecule has 0 N–H and O–H groups in total. The van der Waals surface area contributed by atoms with Crippen molar-refractivity contribution in [1.29, 1.82) is 0 Å². The number of halogens is 1. The number of ether oxygens (including phenoxy) is 1. The van der Waals surface area contributed by atoms with Crippen LogP contribution in [0.1, 0.15) is 27.8 Å². The van der Waals surface area contributed by atoms with Crippen LogP contribution in [0.4, 0.5) is 5.69 Å². The smallest absolute Gasteiger partial charge is 0.269 e. The Labute approximate surface area is 225 Å². The van der Waals surface area contributed by atoms with Crippen molar-refractivity contribution in [3.63, 3.8) is 0 Å². The number of nitrogens with zero attached hydrogens (tertiary/aromatic N) is 5. The van der Waals surface area contributed by atoms with Gasteiger partial charge in [-0.25, -0.2) is 0 Å². The fraction of sp³-hybridized carbons (Fsp3) is 0.200. The van der Waals surface area contributed by atoms with Crippen molar-refractivity contribution < 1.29 is 14.6 Å². The summed E-state index contributed by atoms with van der Waals surface area (Å²) in [6, 6.07) is 19.3. The van der Waals surface area contributed by atoms with Gasteiger partial charge in [-0.2, -0.15) is 0 Å². The molecule has 0 fully saturated rings. The lowest BCUT2D eigenvalue weighted by molar-refractivity contribution is -0.479. The van der Waals surface area contributed by atoms with Crippen molar-refractivity contribution in [1.82, 2.24) is 14.8 Å². The first-order valence-corrected chi connectivity index (χ1v) is 12.8. The Balaban J connectivity index is 1.64. The lowest BCUT2D eigenvalue weighted by atomic mass is 10.1. The number of aryl methyl sites for hydroxylation is 2. The topological polar surface area (TPSA) is 126 Å². The molecule has 1 aromatic heterocycles. The maximum atomic E-state index is 11.7. The van der Waals surface area contributed by atoms with E-state index in [1.54, 1.807) is 30.3 Å². The summed E-state index contributed by atoms with van der Waals surface area (Å²) < 4.78 is 8.66. The van der Waals surface area contributed by atoms with Gasteiger partial charge in [0, 0.05) is 32.8 Å². The molecule has 3 aromatic carbocycles. The summed E-state index contributed by atoms with van der Waals surface area (Å²) in [5, 5.41) is 31.0. The Kier molecular flexibility index (Phi) is 8.19. The third-order valence-corrected chi connectivity index (χ3v) is 7.17. The van der Waals surface area contributed by atoms with Crippen LogP contribution in [0.3, 0.4) is 0 Å². The van der Waals surface area contributed by atoms with Gasteiger partial charge in [0.05, 0.1) is 4.92 Å². The number of aromatic nitrogens is 3. The maximum Gasteiger partial charge on any atom is 0.269 e. The van der Waals surface area contributed by atoms with Crippen molar-refractivity contribution in [2.75, 3.05) is 6.54 Å². The van der Waals surface area contributed by atoms with Gasteiger partial charge in [-0.05, 0) is 61.9 Å². The molecule has 10 nitrogen and oxygen atoms in total. The van der Waals surface area contributed by atoms with E-state index in [1.807, 2.05) is 42.7 Å². The number of nitro groups is 2. The second-order valence-corrected chi connectivity index (χ2v) is 10.3. The van der Waals surface area contributed by atoms with Crippen LogP contribution in [0.15, 0.2) is 76.4 Å². The predicted molar refractivity (Wildman–Crippen MR) is 143 cm³/mol. The van der Waals surface area contributed by atoms with Crippen LogP contribution in [0.5, 0.6) is 5.75 Å². The highest BCUT2D eigenvalue weighted by molar-refractivity contribution is 9.10. The van der Waals surface area contributed by atoms with Gasteiger partial charge in [-0.1, -0.05) is 45.4 Å². The maximum absolute atomic E-state index is 11.7. The first-order valence-electron chi connectivity index (χ1n) is 11.1. The van der Waals surface area contributed by atoms with Crippen LogP contribution < -0.4 is 4.74 Å². The number of nitro benzene ring substituents is 1. The van der Waals surface area contributed by atoms with Crippen LogP contribution in [0.2, 0.25) is 0 Å². The molecular formula is C25H22BrN5O5S. The lowest BCUT2D eigenvalue weighted by Crippen LogP contribution is -2.12. The Morgan fingerprint density at radius 2 is 1.70 bits per heavy atom. The molecule has 0 spiro atoms. The van der Waals surface area contributed by atoms with Crippen LogP contribution >= 0.6 is 27.7 Å². The van der Waals surface area contributed by atoms with E-state index in [4.69, 9.17) is 4.74 Å². The second kappa shape index (κ2) is 11.5. The fourth-order valence-electron chi connectivity index (χ4n) is 3.65. The number of benzene rings is 3. The Morgan fingerprint density at radius 3 is 2.35 bits per heavy atom. The molecule has 12 heteroatoms. The van der Waals surface area contributed by atoms with E-state index in [9.17, 15) is 20.2 Å². The monoisotopic (exact) mass is 583 g/mol. The van der Waals surface area contributed by atoms with Crippen molar-refractivity contribution in [3.05, 3.63) is 114 Å². The number of hydrogen-bond acceptors (Lipinski definition) is 8. The van der Waals surface area contributed by atoms with Crippen LogP contribution in [-0.2, 0) is 6.61 Å². The van der Waals surface area contributed by atoms with E-state index in [0.717, 1.165) is 21.3 Å². The van der Waals surface area contributed by atoms with Gasteiger partial charge in [-0.3, -0.25) is 24.8 Å². The molecule has 0 unspecified atom stereocenters. The van der Waals surface area contributed by atoms with E-state index in [1.165, 1.54) is 23.9 Å². The SMILES string of the molecule is Cc1ccc(-n2c(C)nnc2S[C@@H](C[N+](=O)[O-])c2cc(Br)ccc2OCc2ccc([N+](=O)[O-])cc2)cc1. The van der Waals surface area contributed by atoms with E-state index in [-0.39, 0.29) is 23.8 Å². The zero-order chi connectivity index (χ0) is 26.5. The zero-order valence-electron chi connectivity index (χ0n) is 19.9. The minimum absolute atomic E-state index is 0.0106. The van der Waals surface area contributed by atoms with Crippen LogP contribution in [-0.4, -0.2) is 31.2 Å². The van der Waals surface area contributed by atoms with Gasteiger partial charge in [-0.15, -0.1) is 10.2 Å². The van der Waals surface area contributed by atoms with E-state index in [2.05, 4.69) is 26.1 Å². The summed E-state index contributed by atoms with van der Waals surface area (Å²) in [6.07, 6.45) is 0. The van der Waals surface area contributed by atoms with E-state index < -0.39 is 10.2 Å². The summed E-state index contributed by atoms with van der Waals surface area (Å²) in [7, 11) is 0. The minimum atomic E-state index is -0.632. The summed E-state index contributed by atoms with van der Waals surface area (Å²) in [6.45, 7) is 3.60. The van der Waals surface area contributed by atoms with Gasteiger partial charge in [0.25, 0.3) is 5.69 Å². The summed E-state index contributed by atoms with van der Waals surface area (Å²) >= 11 is 4.70. The molecule has 0 aliphatic carbocycles. The number of rotatable bonds is 10. The number of thioether (sulfide) groups is 1. The highest BCUT2D eigenvalue weighted by Gasteiger charge is 2.27. The standard InChI is InChI=1S/C25H22BrN5O5S/c1-16-3-8-20(9-4-16)30-17(2)27-28-25(30)37-24(14-29(32)33)22-13-19(26)7-12-23(22)36-15-18-5-10-21(11-6-18)31(34)35/h3-13,24H,14-15H2,1-2H3/t24-/m0/s1. The molecule has 190 valence electrons. The van der Waals surface area contributed by atoms with Gasteiger partial charge in [0.15, 0.2) is 5.16 Å². The van der Waals surface area contributed by atoms with Crippen molar-refractivity contribution >= 4 is 33.4 Å². The molecule has 4 aromatic rings. The molecule has 0 aliphatic rings. The highest BCUT2D eigenvalue weighted by atomic mass is 79.9. The van der Waals surface area contributed by atoms with E-state index >= 15 is 0 Å². The quantitative estimate of drug-likeness (QED) is 0.122. The molecule has 0 saturated heterocycles. The Hall–Kier alpha value is -3.77.